The molecule has 0 bridgehead atoms. The van der Waals surface area contributed by atoms with Crippen molar-refractivity contribution in [3.63, 3.8) is 0 Å². The van der Waals surface area contributed by atoms with Crippen LogP contribution in [-0.4, -0.2) is 35.9 Å². The van der Waals surface area contributed by atoms with Crippen molar-refractivity contribution in [1.29, 1.82) is 0 Å². The molecule has 5 nitrogen and oxygen atoms in total. The molecule has 0 spiro atoms. The average molecular weight is 267 g/mol. The van der Waals surface area contributed by atoms with E-state index >= 15 is 0 Å². The number of benzene rings is 1. The third-order valence-corrected chi connectivity index (χ3v) is 3.01. The van der Waals surface area contributed by atoms with E-state index in [9.17, 15) is 9.90 Å². The molecule has 0 saturated carbocycles. The van der Waals surface area contributed by atoms with E-state index in [1.54, 1.807) is 6.07 Å². The van der Waals surface area contributed by atoms with Gasteiger partial charge in [0.25, 0.3) is 5.91 Å². The van der Waals surface area contributed by atoms with Crippen LogP contribution in [0.15, 0.2) is 18.2 Å². The van der Waals surface area contributed by atoms with E-state index in [1.807, 2.05) is 13.8 Å². The van der Waals surface area contributed by atoms with Gasteiger partial charge in [0.15, 0.2) is 0 Å². The summed E-state index contributed by atoms with van der Waals surface area (Å²) in [4.78, 5) is 12.1. The second-order valence-corrected chi connectivity index (χ2v) is 4.72. The minimum Gasteiger partial charge on any atom is -0.507 e. The second-order valence-electron chi connectivity index (χ2n) is 4.72. The predicted octanol–water partition coefficient (Wildman–Crippen LogP) is 1.54. The summed E-state index contributed by atoms with van der Waals surface area (Å²) < 4.78 is 5.03. The number of carbonyl (C=O) groups is 1. The normalized spacial score (nSPS) is 12.3. The molecular weight excluding hydrogens is 246 g/mol. The molecular formula is C14H21NO4. The number of phenolic OH excluding ortho intramolecular Hbond substituents is 1. The van der Waals surface area contributed by atoms with Crippen molar-refractivity contribution >= 4 is 5.91 Å². The summed E-state index contributed by atoms with van der Waals surface area (Å²) in [5, 5.41) is 21.5. The highest BCUT2D eigenvalue weighted by Gasteiger charge is 2.19. The number of amides is 1. The van der Waals surface area contributed by atoms with Crippen LogP contribution in [0, 0.1) is 5.92 Å². The molecule has 5 heteroatoms. The molecule has 1 unspecified atom stereocenters. The van der Waals surface area contributed by atoms with Crippen LogP contribution in [0.3, 0.4) is 0 Å². The summed E-state index contributed by atoms with van der Waals surface area (Å²) in [6, 6.07) is 4.35. The van der Waals surface area contributed by atoms with Crippen molar-refractivity contribution in [2.75, 3.05) is 13.7 Å². The Labute approximate surface area is 113 Å². The SMILES string of the molecule is COc1ccc(O)c(C(=O)NC(CCO)C(C)C)c1. The molecule has 0 aliphatic heterocycles. The van der Waals surface area contributed by atoms with Crippen molar-refractivity contribution in [2.24, 2.45) is 5.92 Å². The fourth-order valence-electron chi connectivity index (χ4n) is 1.78. The number of hydrogen-bond acceptors (Lipinski definition) is 4. The molecule has 0 aliphatic carbocycles. The molecule has 1 rings (SSSR count). The van der Waals surface area contributed by atoms with Gasteiger partial charge < -0.3 is 20.3 Å². The molecule has 3 N–H and O–H groups in total. The van der Waals surface area contributed by atoms with E-state index in [0.717, 1.165) is 0 Å². The minimum atomic E-state index is -0.372. The topological polar surface area (TPSA) is 78.8 Å². The summed E-state index contributed by atoms with van der Waals surface area (Å²) in [5.74, 6) is 0.239. The van der Waals surface area contributed by atoms with Gasteiger partial charge in [0, 0.05) is 12.6 Å². The molecule has 19 heavy (non-hydrogen) atoms. The van der Waals surface area contributed by atoms with Crippen LogP contribution >= 0.6 is 0 Å². The molecule has 1 atom stereocenters. The van der Waals surface area contributed by atoms with E-state index < -0.39 is 0 Å². The van der Waals surface area contributed by atoms with E-state index in [4.69, 9.17) is 9.84 Å². The molecule has 0 saturated heterocycles. The Hall–Kier alpha value is -1.75. The zero-order valence-corrected chi connectivity index (χ0v) is 11.5. The fraction of sp³-hybridized carbons (Fsp3) is 0.500. The lowest BCUT2D eigenvalue weighted by molar-refractivity contribution is 0.0913. The van der Waals surface area contributed by atoms with Crippen LogP contribution < -0.4 is 10.1 Å². The number of aliphatic hydroxyl groups excluding tert-OH is 1. The monoisotopic (exact) mass is 267 g/mol. The average Bonchev–Trinajstić information content (AvgIpc) is 2.38. The summed E-state index contributed by atoms with van der Waals surface area (Å²) in [6.45, 7) is 3.94. The Balaban J connectivity index is 2.87. The van der Waals surface area contributed by atoms with E-state index in [1.165, 1.54) is 19.2 Å². The third-order valence-electron chi connectivity index (χ3n) is 3.01. The van der Waals surface area contributed by atoms with Gasteiger partial charge in [-0.1, -0.05) is 13.8 Å². The number of rotatable bonds is 6. The zero-order valence-electron chi connectivity index (χ0n) is 11.5. The number of carbonyl (C=O) groups excluding carboxylic acids is 1. The van der Waals surface area contributed by atoms with Gasteiger partial charge in [0.05, 0.1) is 12.7 Å². The maximum absolute atomic E-state index is 12.1. The Kier molecular flexibility index (Phi) is 5.63. The fourth-order valence-corrected chi connectivity index (χ4v) is 1.78. The smallest absolute Gasteiger partial charge is 0.255 e. The van der Waals surface area contributed by atoms with E-state index in [0.29, 0.717) is 12.2 Å². The van der Waals surface area contributed by atoms with Crippen molar-refractivity contribution in [3.05, 3.63) is 23.8 Å². The van der Waals surface area contributed by atoms with Crippen LogP contribution in [0.25, 0.3) is 0 Å². The van der Waals surface area contributed by atoms with Gasteiger partial charge in [-0.2, -0.15) is 0 Å². The number of nitrogens with one attached hydrogen (secondary N) is 1. The Morgan fingerprint density at radius 3 is 2.63 bits per heavy atom. The maximum atomic E-state index is 12.1. The quantitative estimate of drug-likeness (QED) is 0.730. The highest BCUT2D eigenvalue weighted by atomic mass is 16.5. The molecule has 1 amide bonds. The predicted molar refractivity (Wildman–Crippen MR) is 72.5 cm³/mol. The van der Waals surface area contributed by atoms with Crippen LogP contribution in [-0.2, 0) is 0 Å². The number of methoxy groups -OCH3 is 1. The molecule has 0 fully saturated rings. The second kappa shape index (κ2) is 6.99. The molecule has 106 valence electrons. The van der Waals surface area contributed by atoms with Gasteiger partial charge in [-0.15, -0.1) is 0 Å². The van der Waals surface area contributed by atoms with Gasteiger partial charge in [-0.3, -0.25) is 4.79 Å². The molecule has 1 aromatic rings. The first-order valence-corrected chi connectivity index (χ1v) is 6.28. The van der Waals surface area contributed by atoms with Gasteiger partial charge in [-0.25, -0.2) is 0 Å². The lowest BCUT2D eigenvalue weighted by Crippen LogP contribution is -2.39. The first-order chi connectivity index (χ1) is 8.99. The molecule has 1 aromatic carbocycles. The first-order valence-electron chi connectivity index (χ1n) is 6.28. The Morgan fingerprint density at radius 1 is 1.42 bits per heavy atom. The lowest BCUT2D eigenvalue weighted by Gasteiger charge is -2.21. The van der Waals surface area contributed by atoms with Gasteiger partial charge >= 0.3 is 0 Å². The Morgan fingerprint density at radius 2 is 2.11 bits per heavy atom. The van der Waals surface area contributed by atoms with Crippen LogP contribution in [0.5, 0.6) is 11.5 Å². The number of aliphatic hydroxyl groups is 1. The van der Waals surface area contributed by atoms with Crippen molar-refractivity contribution in [3.8, 4) is 11.5 Å². The van der Waals surface area contributed by atoms with Gasteiger partial charge in [-0.05, 0) is 30.5 Å². The number of ether oxygens (including phenoxy) is 1. The van der Waals surface area contributed by atoms with Crippen molar-refractivity contribution in [2.45, 2.75) is 26.3 Å². The summed E-state index contributed by atoms with van der Waals surface area (Å²) in [6.07, 6.45) is 0.480. The molecule has 0 radical (unpaired) electrons. The van der Waals surface area contributed by atoms with Gasteiger partial charge in [0.2, 0.25) is 0 Å². The largest absolute Gasteiger partial charge is 0.507 e. The third kappa shape index (κ3) is 4.13. The molecule has 0 aliphatic rings. The molecule has 0 heterocycles. The van der Waals surface area contributed by atoms with E-state index in [2.05, 4.69) is 5.32 Å². The van der Waals surface area contributed by atoms with Crippen LogP contribution in [0.1, 0.15) is 30.6 Å². The summed E-state index contributed by atoms with van der Waals surface area (Å²) in [5.41, 5.74) is 0.169. The highest BCUT2D eigenvalue weighted by molar-refractivity contribution is 5.97. The number of hydrogen-bond donors (Lipinski definition) is 3. The summed E-state index contributed by atoms with van der Waals surface area (Å²) >= 11 is 0. The van der Waals surface area contributed by atoms with Crippen LogP contribution in [0.4, 0.5) is 0 Å². The minimum absolute atomic E-state index is 0.00716. The number of aromatic hydroxyl groups is 1. The van der Waals surface area contributed by atoms with Crippen molar-refractivity contribution < 1.29 is 19.7 Å². The van der Waals surface area contributed by atoms with Gasteiger partial charge in [0.1, 0.15) is 11.5 Å². The lowest BCUT2D eigenvalue weighted by atomic mass is 10.0. The first kappa shape index (κ1) is 15.3. The zero-order chi connectivity index (χ0) is 14.4. The Bertz CT molecular complexity index is 431. The highest BCUT2D eigenvalue weighted by Crippen LogP contribution is 2.23. The molecule has 0 aromatic heterocycles. The van der Waals surface area contributed by atoms with Crippen LogP contribution in [0.2, 0.25) is 0 Å². The summed E-state index contributed by atoms with van der Waals surface area (Å²) in [7, 11) is 1.50. The maximum Gasteiger partial charge on any atom is 0.255 e. The van der Waals surface area contributed by atoms with E-state index in [-0.39, 0.29) is 35.8 Å². The van der Waals surface area contributed by atoms with Crippen molar-refractivity contribution in [1.82, 2.24) is 5.32 Å². The standard InChI is InChI=1S/C14H21NO4/c1-9(2)12(6-7-16)15-14(18)11-8-10(19-3)4-5-13(11)17/h4-5,8-9,12,16-17H,6-7H2,1-3H3,(H,15,18). The number of phenols is 1.